The van der Waals surface area contributed by atoms with Gasteiger partial charge in [-0.3, -0.25) is 14.6 Å². The van der Waals surface area contributed by atoms with E-state index in [1.54, 1.807) is 24.3 Å². The Morgan fingerprint density at radius 3 is 2.00 bits per heavy atom. The van der Waals surface area contributed by atoms with E-state index in [9.17, 15) is 14.7 Å². The smallest absolute Gasteiger partial charge is 0.239 e. The van der Waals surface area contributed by atoms with Gasteiger partial charge < -0.3 is 5.11 Å². The average molecular weight is 485 g/mol. The molecule has 2 bridgehead atoms. The molecule has 1 aliphatic heterocycles. The molecule has 4 aliphatic rings. The van der Waals surface area contributed by atoms with Crippen molar-refractivity contribution in [2.75, 3.05) is 4.90 Å². The number of nitrogens with zero attached hydrogens (tertiary/aromatic N) is 2. The summed E-state index contributed by atoms with van der Waals surface area (Å²) in [5, 5.41) is 9.74. The number of aromatic hydroxyl groups is 1. The number of aliphatic imine (C=N–C) groups is 1. The van der Waals surface area contributed by atoms with Gasteiger partial charge in [0.1, 0.15) is 5.75 Å². The number of carbonyl (C=O) groups is 2. The molecule has 2 atom stereocenters. The maximum absolute atomic E-state index is 14.3. The van der Waals surface area contributed by atoms with Gasteiger partial charge in [-0.2, -0.15) is 0 Å². The van der Waals surface area contributed by atoms with Gasteiger partial charge in [-0.15, -0.1) is 0 Å². The number of amides is 2. The van der Waals surface area contributed by atoms with Crippen LogP contribution in [0, 0.1) is 18.8 Å². The van der Waals surface area contributed by atoms with Crippen molar-refractivity contribution in [3.8, 4) is 5.75 Å². The molecule has 1 heterocycles. The third-order valence-electron chi connectivity index (χ3n) is 8.24. The minimum Gasteiger partial charge on any atom is -0.508 e. The summed E-state index contributed by atoms with van der Waals surface area (Å²) in [5.74, 6) is -1.52. The van der Waals surface area contributed by atoms with Gasteiger partial charge in [-0.05, 0) is 65.6 Å². The monoisotopic (exact) mass is 484 g/mol. The molecule has 180 valence electrons. The Morgan fingerprint density at radius 1 is 0.784 bits per heavy atom. The molecule has 5 nitrogen and oxygen atoms in total. The highest BCUT2D eigenvalue weighted by atomic mass is 16.3. The standard InChI is InChI=1S/C32H24N2O3/c1-19-10-14-21(15-11-19)34-30(36)28-27-23-6-2-4-8-25(23)32(29(28)31(34)37,26-9-5-3-7-24(26)27)18-33-20-12-16-22(35)17-13-20/h2-18,27-29,35H,1H3/t27?,28-,29+,32?/m0/s1. The van der Waals surface area contributed by atoms with E-state index in [2.05, 4.69) is 24.3 Å². The zero-order valence-electron chi connectivity index (χ0n) is 20.2. The third kappa shape index (κ3) is 2.88. The van der Waals surface area contributed by atoms with Gasteiger partial charge >= 0.3 is 0 Å². The number of hydrogen-bond donors (Lipinski definition) is 1. The molecule has 8 rings (SSSR count). The number of carbonyl (C=O) groups excluding carboxylic acids is 2. The first-order chi connectivity index (χ1) is 18.0. The second-order valence-corrected chi connectivity index (χ2v) is 10.1. The molecule has 3 aliphatic carbocycles. The fourth-order valence-electron chi connectivity index (χ4n) is 6.71. The Hall–Kier alpha value is -4.51. The molecular formula is C32H24N2O3. The molecule has 2 amide bonds. The lowest BCUT2D eigenvalue weighted by Gasteiger charge is -2.52. The fourth-order valence-corrected chi connectivity index (χ4v) is 6.71. The Morgan fingerprint density at radius 2 is 1.38 bits per heavy atom. The quantitative estimate of drug-likeness (QED) is 0.302. The van der Waals surface area contributed by atoms with Gasteiger partial charge in [-0.1, -0.05) is 66.2 Å². The van der Waals surface area contributed by atoms with Crippen LogP contribution in [0.2, 0.25) is 0 Å². The van der Waals surface area contributed by atoms with Crippen LogP contribution in [0.5, 0.6) is 5.75 Å². The molecule has 1 N–H and O–H groups in total. The highest BCUT2D eigenvalue weighted by molar-refractivity contribution is 6.25. The molecule has 4 aromatic carbocycles. The first-order valence-corrected chi connectivity index (χ1v) is 12.5. The zero-order valence-corrected chi connectivity index (χ0v) is 20.2. The average Bonchev–Trinajstić information content (AvgIpc) is 3.20. The molecule has 1 fully saturated rings. The molecule has 4 aromatic rings. The van der Waals surface area contributed by atoms with Gasteiger partial charge in [0.2, 0.25) is 11.8 Å². The van der Waals surface area contributed by atoms with E-state index in [0.717, 1.165) is 27.8 Å². The predicted octanol–water partition coefficient (Wildman–Crippen LogP) is 5.65. The third-order valence-corrected chi connectivity index (χ3v) is 8.24. The summed E-state index contributed by atoms with van der Waals surface area (Å²) in [7, 11) is 0. The maximum atomic E-state index is 14.3. The van der Waals surface area contributed by atoms with Gasteiger partial charge in [0.05, 0.1) is 28.6 Å². The Labute approximate surface area is 214 Å². The predicted molar refractivity (Wildman–Crippen MR) is 142 cm³/mol. The van der Waals surface area contributed by atoms with Crippen LogP contribution >= 0.6 is 0 Å². The van der Waals surface area contributed by atoms with Crippen LogP contribution in [0.15, 0.2) is 102 Å². The highest BCUT2D eigenvalue weighted by Crippen LogP contribution is 2.63. The first-order valence-electron chi connectivity index (χ1n) is 12.5. The summed E-state index contributed by atoms with van der Waals surface area (Å²) in [4.78, 5) is 34.7. The largest absolute Gasteiger partial charge is 0.508 e. The van der Waals surface area contributed by atoms with Crippen LogP contribution in [-0.2, 0) is 15.0 Å². The van der Waals surface area contributed by atoms with E-state index < -0.39 is 17.3 Å². The molecule has 0 aromatic heterocycles. The van der Waals surface area contributed by atoms with Crippen LogP contribution in [-0.4, -0.2) is 23.1 Å². The molecule has 5 heteroatoms. The molecule has 1 saturated heterocycles. The first kappa shape index (κ1) is 21.7. The lowest BCUT2D eigenvalue weighted by molar-refractivity contribution is -0.122. The zero-order chi connectivity index (χ0) is 25.3. The van der Waals surface area contributed by atoms with Crippen LogP contribution in [0.4, 0.5) is 11.4 Å². The number of benzene rings is 4. The number of phenolic OH excluding ortho intramolecular Hbond substituents is 1. The maximum Gasteiger partial charge on any atom is 0.239 e. The summed E-state index contributed by atoms with van der Waals surface area (Å²) in [6.07, 6.45) is 1.87. The minimum absolute atomic E-state index is 0.157. The van der Waals surface area contributed by atoms with E-state index in [-0.39, 0.29) is 23.5 Å². The van der Waals surface area contributed by atoms with Gasteiger partial charge in [-0.25, -0.2) is 4.90 Å². The number of phenols is 1. The molecule has 0 unspecified atom stereocenters. The minimum atomic E-state index is -0.906. The van der Waals surface area contributed by atoms with Crippen LogP contribution in [0.3, 0.4) is 0 Å². The highest BCUT2D eigenvalue weighted by Gasteiger charge is 2.67. The molecule has 37 heavy (non-hydrogen) atoms. The van der Waals surface area contributed by atoms with Crippen molar-refractivity contribution in [1.82, 2.24) is 0 Å². The lowest BCUT2D eigenvalue weighted by Crippen LogP contribution is -2.54. The fraction of sp³-hybridized carbons (Fsp3) is 0.156. The second-order valence-electron chi connectivity index (χ2n) is 10.1. The Bertz CT molecular complexity index is 1560. The summed E-state index contributed by atoms with van der Waals surface area (Å²) in [5.41, 5.74) is 5.63. The summed E-state index contributed by atoms with van der Waals surface area (Å²) >= 11 is 0. The van der Waals surface area contributed by atoms with Gasteiger partial charge in [0.25, 0.3) is 0 Å². The summed E-state index contributed by atoms with van der Waals surface area (Å²) in [6, 6.07) is 30.5. The van der Waals surface area contributed by atoms with E-state index >= 15 is 0 Å². The van der Waals surface area contributed by atoms with Crippen molar-refractivity contribution in [3.63, 3.8) is 0 Å². The summed E-state index contributed by atoms with van der Waals surface area (Å²) < 4.78 is 0. The summed E-state index contributed by atoms with van der Waals surface area (Å²) in [6.45, 7) is 1.99. The van der Waals surface area contributed by atoms with E-state index in [4.69, 9.17) is 4.99 Å². The van der Waals surface area contributed by atoms with Crippen LogP contribution < -0.4 is 4.90 Å². The topological polar surface area (TPSA) is 70.0 Å². The molecule has 0 spiro atoms. The van der Waals surface area contributed by atoms with Crippen LogP contribution in [0.25, 0.3) is 0 Å². The number of aryl methyl sites for hydroxylation is 1. The van der Waals surface area contributed by atoms with Crippen LogP contribution in [0.1, 0.15) is 33.7 Å². The van der Waals surface area contributed by atoms with Crippen molar-refractivity contribution in [1.29, 1.82) is 0 Å². The molecule has 0 radical (unpaired) electrons. The number of imide groups is 1. The SMILES string of the molecule is Cc1ccc(N2C(=O)[C@H]3C4c5ccccc5C(C=Nc5ccc(O)cc5)(c5ccccc54)[C@H]3C2=O)cc1. The normalized spacial score (nSPS) is 25.3. The van der Waals surface area contributed by atoms with Crippen molar-refractivity contribution >= 4 is 29.4 Å². The van der Waals surface area contributed by atoms with Gasteiger partial charge in [0.15, 0.2) is 0 Å². The van der Waals surface area contributed by atoms with Crippen molar-refractivity contribution < 1.29 is 14.7 Å². The van der Waals surface area contributed by atoms with E-state index in [0.29, 0.717) is 11.4 Å². The number of rotatable bonds is 3. The van der Waals surface area contributed by atoms with Crippen molar-refractivity contribution in [2.24, 2.45) is 16.8 Å². The second kappa shape index (κ2) is 7.74. The van der Waals surface area contributed by atoms with Crippen molar-refractivity contribution in [3.05, 3.63) is 125 Å². The molecular weight excluding hydrogens is 460 g/mol. The number of anilines is 1. The van der Waals surface area contributed by atoms with E-state index in [1.165, 1.54) is 4.90 Å². The van der Waals surface area contributed by atoms with Gasteiger partial charge in [0, 0.05) is 12.1 Å². The Kier molecular flexibility index (Phi) is 4.55. The van der Waals surface area contributed by atoms with Crippen molar-refractivity contribution in [2.45, 2.75) is 18.3 Å². The number of hydrogen-bond acceptors (Lipinski definition) is 4. The Balaban J connectivity index is 1.49. The van der Waals surface area contributed by atoms with E-state index in [1.807, 2.05) is 61.7 Å². The molecule has 0 saturated carbocycles. The lowest BCUT2D eigenvalue weighted by atomic mass is 9.47.